The molecule has 0 bridgehead atoms. The summed E-state index contributed by atoms with van der Waals surface area (Å²) in [5.41, 5.74) is 6.90. The van der Waals surface area contributed by atoms with Crippen LogP contribution in [0.4, 0.5) is 16.2 Å². The molecule has 0 aliphatic carbocycles. The molecule has 1 saturated heterocycles. The molecule has 1 aromatic carbocycles. The smallest absolute Gasteiger partial charge is 0.410 e. The van der Waals surface area contributed by atoms with Gasteiger partial charge < -0.3 is 25.4 Å². The normalized spacial score (nSPS) is 19.2. The summed E-state index contributed by atoms with van der Waals surface area (Å²) in [4.78, 5) is 15.9. The number of hydrogen-bond donors (Lipinski definition) is 2. The summed E-state index contributed by atoms with van der Waals surface area (Å²) >= 11 is 0. The largest absolute Gasteiger partial charge is 0.444 e. The molecule has 22 heavy (non-hydrogen) atoms. The standard InChI is InChI=1S/C16H25N3O3/c1-16(2,3)22-15(21)18-8-9-19(14(10-18)11-20)13-6-4-12(17)5-7-13/h4-7,14,20H,8-11,17H2,1-3H3/t14-/m0/s1. The lowest BCUT2D eigenvalue weighted by molar-refractivity contribution is 0.0197. The Morgan fingerprint density at radius 1 is 1.32 bits per heavy atom. The maximum atomic E-state index is 12.2. The first-order chi connectivity index (χ1) is 10.3. The van der Waals surface area contributed by atoms with Crippen molar-refractivity contribution in [3.05, 3.63) is 24.3 Å². The molecule has 6 heteroatoms. The van der Waals surface area contributed by atoms with Crippen LogP contribution in [0.3, 0.4) is 0 Å². The van der Waals surface area contributed by atoms with E-state index in [2.05, 4.69) is 4.90 Å². The fraction of sp³-hybridized carbons (Fsp3) is 0.562. The topological polar surface area (TPSA) is 79.0 Å². The Bertz CT molecular complexity index is 510. The Hall–Kier alpha value is -1.95. The molecule has 0 unspecified atom stereocenters. The number of rotatable bonds is 2. The van der Waals surface area contributed by atoms with Crippen LogP contribution in [0.2, 0.25) is 0 Å². The molecule has 0 saturated carbocycles. The van der Waals surface area contributed by atoms with E-state index in [0.717, 1.165) is 5.69 Å². The van der Waals surface area contributed by atoms with Crippen LogP contribution in [0.15, 0.2) is 24.3 Å². The lowest BCUT2D eigenvalue weighted by atomic mass is 10.1. The van der Waals surface area contributed by atoms with Crippen molar-refractivity contribution in [1.29, 1.82) is 0 Å². The van der Waals surface area contributed by atoms with Crippen LogP contribution in [0, 0.1) is 0 Å². The maximum Gasteiger partial charge on any atom is 0.410 e. The second-order valence-corrected chi connectivity index (χ2v) is 6.55. The zero-order chi connectivity index (χ0) is 16.3. The van der Waals surface area contributed by atoms with Crippen molar-refractivity contribution < 1.29 is 14.6 Å². The van der Waals surface area contributed by atoms with Crippen molar-refractivity contribution in [1.82, 2.24) is 4.90 Å². The van der Waals surface area contributed by atoms with Crippen molar-refractivity contribution in [3.63, 3.8) is 0 Å². The molecule has 122 valence electrons. The Morgan fingerprint density at radius 2 is 1.95 bits per heavy atom. The van der Waals surface area contributed by atoms with Crippen molar-refractivity contribution in [2.24, 2.45) is 0 Å². The van der Waals surface area contributed by atoms with E-state index >= 15 is 0 Å². The van der Waals surface area contributed by atoms with Gasteiger partial charge in [-0.1, -0.05) is 0 Å². The number of amides is 1. The molecule has 6 nitrogen and oxygen atoms in total. The minimum atomic E-state index is -0.514. The number of benzene rings is 1. The monoisotopic (exact) mass is 307 g/mol. The first kappa shape index (κ1) is 16.4. The second-order valence-electron chi connectivity index (χ2n) is 6.55. The Morgan fingerprint density at radius 3 is 2.50 bits per heavy atom. The lowest BCUT2D eigenvalue weighted by Gasteiger charge is -2.42. The number of hydrogen-bond acceptors (Lipinski definition) is 5. The van der Waals surface area contributed by atoms with Crippen LogP contribution in [0.25, 0.3) is 0 Å². The molecule has 1 atom stereocenters. The maximum absolute atomic E-state index is 12.2. The number of nitrogens with zero attached hydrogens (tertiary/aromatic N) is 2. The van der Waals surface area contributed by atoms with E-state index < -0.39 is 5.60 Å². The van der Waals surface area contributed by atoms with Crippen LogP contribution in [0.1, 0.15) is 20.8 Å². The van der Waals surface area contributed by atoms with Gasteiger partial charge in [-0.15, -0.1) is 0 Å². The van der Waals surface area contributed by atoms with Crippen LogP contribution >= 0.6 is 0 Å². The van der Waals surface area contributed by atoms with E-state index in [1.54, 1.807) is 4.90 Å². The Kier molecular flexibility index (Phi) is 4.81. The van der Waals surface area contributed by atoms with Gasteiger partial charge in [0.2, 0.25) is 0 Å². The Labute approximate surface area is 131 Å². The third-order valence-corrected chi connectivity index (χ3v) is 3.57. The molecule has 1 fully saturated rings. The van der Waals surface area contributed by atoms with E-state index in [1.807, 2.05) is 45.0 Å². The number of aliphatic hydroxyl groups is 1. The van der Waals surface area contributed by atoms with E-state index in [4.69, 9.17) is 10.5 Å². The van der Waals surface area contributed by atoms with Gasteiger partial charge in [-0.05, 0) is 45.0 Å². The molecule has 1 heterocycles. The third kappa shape index (κ3) is 4.04. The molecular formula is C16H25N3O3. The molecule has 0 spiro atoms. The molecule has 1 amide bonds. The van der Waals surface area contributed by atoms with Gasteiger partial charge in [-0.2, -0.15) is 0 Å². The molecule has 1 aliphatic heterocycles. The number of carbonyl (C=O) groups is 1. The number of ether oxygens (including phenoxy) is 1. The highest BCUT2D eigenvalue weighted by Gasteiger charge is 2.31. The van der Waals surface area contributed by atoms with Gasteiger partial charge in [-0.3, -0.25) is 0 Å². The minimum Gasteiger partial charge on any atom is -0.444 e. The van der Waals surface area contributed by atoms with Crippen LogP contribution < -0.4 is 10.6 Å². The number of piperazine rings is 1. The number of nitrogens with two attached hydrogens (primary N) is 1. The first-order valence-corrected chi connectivity index (χ1v) is 7.51. The molecular weight excluding hydrogens is 282 g/mol. The highest BCUT2D eigenvalue weighted by atomic mass is 16.6. The quantitative estimate of drug-likeness (QED) is 0.813. The van der Waals surface area contributed by atoms with Crippen molar-refractivity contribution in [2.75, 3.05) is 36.9 Å². The van der Waals surface area contributed by atoms with Gasteiger partial charge >= 0.3 is 6.09 Å². The van der Waals surface area contributed by atoms with Gasteiger partial charge in [0.1, 0.15) is 5.60 Å². The van der Waals surface area contributed by atoms with Gasteiger partial charge in [0.05, 0.1) is 12.6 Å². The van der Waals surface area contributed by atoms with Crippen LogP contribution in [0.5, 0.6) is 0 Å². The molecule has 0 radical (unpaired) electrons. The summed E-state index contributed by atoms with van der Waals surface area (Å²) in [6, 6.07) is 7.39. The van der Waals surface area contributed by atoms with Crippen LogP contribution in [-0.4, -0.2) is 54.0 Å². The van der Waals surface area contributed by atoms with Crippen molar-refractivity contribution >= 4 is 17.5 Å². The van der Waals surface area contributed by atoms with E-state index in [9.17, 15) is 9.90 Å². The minimum absolute atomic E-state index is 0.0241. The fourth-order valence-corrected chi connectivity index (χ4v) is 2.51. The number of nitrogen functional groups attached to an aromatic ring is 1. The lowest BCUT2D eigenvalue weighted by Crippen LogP contribution is -2.57. The summed E-state index contributed by atoms with van der Waals surface area (Å²) in [6.45, 7) is 7.17. The average molecular weight is 307 g/mol. The van der Waals surface area contributed by atoms with Gasteiger partial charge in [-0.25, -0.2) is 4.79 Å². The first-order valence-electron chi connectivity index (χ1n) is 7.51. The highest BCUT2D eigenvalue weighted by Crippen LogP contribution is 2.22. The van der Waals surface area contributed by atoms with Crippen molar-refractivity contribution in [2.45, 2.75) is 32.4 Å². The average Bonchev–Trinajstić information content (AvgIpc) is 2.45. The second kappa shape index (κ2) is 6.44. The summed E-state index contributed by atoms with van der Waals surface area (Å²) < 4.78 is 5.40. The number of anilines is 2. The highest BCUT2D eigenvalue weighted by molar-refractivity contribution is 5.69. The molecule has 1 aliphatic rings. The number of aliphatic hydroxyl groups excluding tert-OH is 1. The summed E-state index contributed by atoms with van der Waals surface area (Å²) in [7, 11) is 0. The SMILES string of the molecule is CC(C)(C)OC(=O)N1CCN(c2ccc(N)cc2)[C@H](CO)C1. The third-order valence-electron chi connectivity index (χ3n) is 3.57. The summed E-state index contributed by atoms with van der Waals surface area (Å²) in [5, 5.41) is 9.66. The van der Waals surface area contributed by atoms with Gasteiger partial charge in [0.25, 0.3) is 0 Å². The van der Waals surface area contributed by atoms with Crippen molar-refractivity contribution in [3.8, 4) is 0 Å². The van der Waals surface area contributed by atoms with Gasteiger partial charge in [0.15, 0.2) is 0 Å². The van der Waals surface area contributed by atoms with E-state index in [1.165, 1.54) is 0 Å². The van der Waals surface area contributed by atoms with Crippen LogP contribution in [-0.2, 0) is 4.74 Å². The zero-order valence-corrected chi connectivity index (χ0v) is 13.5. The number of carbonyl (C=O) groups excluding carboxylic acids is 1. The predicted octanol–water partition coefficient (Wildman–Crippen LogP) is 1.69. The summed E-state index contributed by atoms with van der Waals surface area (Å²) in [5.74, 6) is 0. The molecule has 2 rings (SSSR count). The summed E-state index contributed by atoms with van der Waals surface area (Å²) in [6.07, 6.45) is -0.331. The van der Waals surface area contributed by atoms with Gasteiger partial charge in [0, 0.05) is 31.0 Å². The predicted molar refractivity (Wildman–Crippen MR) is 86.9 cm³/mol. The Balaban J connectivity index is 2.05. The van der Waals surface area contributed by atoms with E-state index in [0.29, 0.717) is 25.3 Å². The molecule has 0 aromatic heterocycles. The molecule has 1 aromatic rings. The zero-order valence-electron chi connectivity index (χ0n) is 13.5. The molecule has 3 N–H and O–H groups in total. The van der Waals surface area contributed by atoms with E-state index in [-0.39, 0.29) is 18.7 Å². The fourth-order valence-electron chi connectivity index (χ4n) is 2.51.